The molecule has 1 rings (SSSR count). The third-order valence-corrected chi connectivity index (χ3v) is 2.84. The predicted octanol–water partition coefficient (Wildman–Crippen LogP) is 4.85. The third-order valence-electron chi connectivity index (χ3n) is 2.84. The molecule has 0 aliphatic rings. The molecule has 1 N–H and O–H groups in total. The van der Waals surface area contributed by atoms with Gasteiger partial charge in [0.05, 0.1) is 0 Å². The fraction of sp³-hybridized carbons (Fsp3) is 0.611. The molecule has 0 radical (unpaired) electrons. The molecule has 20 heavy (non-hydrogen) atoms. The largest absolute Gasteiger partial charge is 0.347 e. The molecule has 2 heteroatoms. The van der Waals surface area contributed by atoms with Crippen molar-refractivity contribution in [3.8, 4) is 0 Å². The number of aryl methyl sites for hydroxylation is 1. The fourth-order valence-corrected chi connectivity index (χ4v) is 1.74. The van der Waals surface area contributed by atoms with Crippen LogP contribution in [0.4, 0.5) is 0 Å². The van der Waals surface area contributed by atoms with Crippen molar-refractivity contribution in [3.63, 3.8) is 0 Å². The first-order valence-corrected chi connectivity index (χ1v) is 7.44. The van der Waals surface area contributed by atoms with Crippen LogP contribution in [-0.2, 0) is 5.41 Å². The van der Waals surface area contributed by atoms with Crippen LogP contribution in [0.3, 0.4) is 0 Å². The Labute approximate surface area is 125 Å². The molecule has 0 saturated carbocycles. The second kappa shape index (κ2) is 6.92. The van der Waals surface area contributed by atoms with Crippen molar-refractivity contribution in [2.24, 2.45) is 0 Å². The molecule has 0 spiro atoms. The van der Waals surface area contributed by atoms with E-state index in [1.165, 1.54) is 5.56 Å². The fourth-order valence-electron chi connectivity index (χ4n) is 1.74. The van der Waals surface area contributed by atoms with Gasteiger partial charge in [-0.3, -0.25) is 4.79 Å². The van der Waals surface area contributed by atoms with Crippen LogP contribution in [0.25, 0.3) is 0 Å². The molecule has 0 bridgehead atoms. The summed E-state index contributed by atoms with van der Waals surface area (Å²) in [6.07, 6.45) is 0. The summed E-state index contributed by atoms with van der Waals surface area (Å²) in [6, 6.07) is 6.14. The van der Waals surface area contributed by atoms with Gasteiger partial charge in [-0.25, -0.2) is 0 Å². The van der Waals surface area contributed by atoms with Crippen molar-refractivity contribution in [2.75, 3.05) is 0 Å². The first-order chi connectivity index (χ1) is 9.00. The van der Waals surface area contributed by atoms with Gasteiger partial charge in [0.15, 0.2) is 0 Å². The van der Waals surface area contributed by atoms with E-state index in [4.69, 9.17) is 0 Å². The molecule has 114 valence electrons. The van der Waals surface area contributed by atoms with E-state index in [-0.39, 0.29) is 16.9 Å². The topological polar surface area (TPSA) is 29.1 Å². The molecule has 2 nitrogen and oxygen atoms in total. The lowest BCUT2D eigenvalue weighted by Crippen LogP contribution is -2.40. The van der Waals surface area contributed by atoms with Crippen LogP contribution < -0.4 is 5.32 Å². The van der Waals surface area contributed by atoms with Gasteiger partial charge < -0.3 is 5.32 Å². The first kappa shape index (κ1) is 18.7. The van der Waals surface area contributed by atoms with Crippen LogP contribution in [0.5, 0.6) is 0 Å². The number of benzene rings is 1. The van der Waals surface area contributed by atoms with Crippen LogP contribution >= 0.6 is 0 Å². The van der Waals surface area contributed by atoms with E-state index < -0.39 is 0 Å². The molecular formula is C18H31NO. The van der Waals surface area contributed by atoms with Crippen LogP contribution in [0.1, 0.15) is 76.9 Å². The molecule has 1 aromatic carbocycles. The molecule has 0 unspecified atom stereocenters. The van der Waals surface area contributed by atoms with Crippen LogP contribution in [0.15, 0.2) is 18.2 Å². The third kappa shape index (κ3) is 5.77. The molecule has 0 atom stereocenters. The van der Waals surface area contributed by atoms with E-state index in [2.05, 4.69) is 32.2 Å². The zero-order chi connectivity index (χ0) is 16.1. The van der Waals surface area contributed by atoms with Gasteiger partial charge in [-0.1, -0.05) is 46.8 Å². The Morgan fingerprint density at radius 1 is 1.00 bits per heavy atom. The minimum absolute atomic E-state index is 0.00565. The van der Waals surface area contributed by atoms with Crippen molar-refractivity contribution in [1.29, 1.82) is 0 Å². The standard InChI is InChI=1S/C16H25NO.C2H6/c1-11-8-9-12(15(2,3)4)10-13(11)14(18)17-16(5,6)7;1-2/h8-10H,1-7H3,(H,17,18);1-2H3. The van der Waals surface area contributed by atoms with Gasteiger partial charge in [0.1, 0.15) is 0 Å². The zero-order valence-electron chi connectivity index (χ0n) is 14.6. The summed E-state index contributed by atoms with van der Waals surface area (Å²) in [5.41, 5.74) is 2.83. The Bertz CT molecular complexity index is 447. The first-order valence-electron chi connectivity index (χ1n) is 7.44. The second-order valence-electron chi connectivity index (χ2n) is 6.98. The van der Waals surface area contributed by atoms with Crippen molar-refractivity contribution >= 4 is 5.91 Å². The quantitative estimate of drug-likeness (QED) is 0.781. The van der Waals surface area contributed by atoms with Gasteiger partial charge in [0.25, 0.3) is 5.91 Å². The summed E-state index contributed by atoms with van der Waals surface area (Å²) in [6.45, 7) is 18.4. The molecule has 0 fully saturated rings. The highest BCUT2D eigenvalue weighted by Crippen LogP contribution is 2.24. The Morgan fingerprint density at radius 3 is 1.90 bits per heavy atom. The highest BCUT2D eigenvalue weighted by molar-refractivity contribution is 5.96. The van der Waals surface area contributed by atoms with E-state index in [9.17, 15) is 4.79 Å². The monoisotopic (exact) mass is 277 g/mol. The molecule has 0 heterocycles. The van der Waals surface area contributed by atoms with E-state index >= 15 is 0 Å². The summed E-state index contributed by atoms with van der Waals surface area (Å²) in [4.78, 5) is 12.2. The lowest BCUT2D eigenvalue weighted by atomic mass is 9.85. The molecule has 0 saturated heterocycles. The summed E-state index contributed by atoms with van der Waals surface area (Å²) in [5.74, 6) is 0.00565. The van der Waals surface area contributed by atoms with Gasteiger partial charge in [0.2, 0.25) is 0 Å². The summed E-state index contributed by atoms with van der Waals surface area (Å²) >= 11 is 0. The van der Waals surface area contributed by atoms with E-state index in [1.54, 1.807) is 0 Å². The summed E-state index contributed by atoms with van der Waals surface area (Å²) < 4.78 is 0. The van der Waals surface area contributed by atoms with Gasteiger partial charge >= 0.3 is 0 Å². The molecule has 0 aliphatic carbocycles. The second-order valence-corrected chi connectivity index (χ2v) is 6.98. The molecule has 1 amide bonds. The Morgan fingerprint density at radius 2 is 1.50 bits per heavy atom. The Hall–Kier alpha value is -1.31. The summed E-state index contributed by atoms with van der Waals surface area (Å²) in [7, 11) is 0. The normalized spacial score (nSPS) is 11.4. The molecule has 1 aromatic rings. The number of hydrogen-bond donors (Lipinski definition) is 1. The van der Waals surface area contributed by atoms with E-state index in [0.717, 1.165) is 11.1 Å². The SMILES string of the molecule is CC.Cc1ccc(C(C)(C)C)cc1C(=O)NC(C)(C)C. The number of carbonyl (C=O) groups is 1. The predicted molar refractivity (Wildman–Crippen MR) is 88.4 cm³/mol. The maximum atomic E-state index is 12.2. The smallest absolute Gasteiger partial charge is 0.251 e. The van der Waals surface area contributed by atoms with Gasteiger partial charge in [-0.2, -0.15) is 0 Å². The van der Waals surface area contributed by atoms with Gasteiger partial charge in [-0.15, -0.1) is 0 Å². The van der Waals surface area contributed by atoms with Gasteiger partial charge in [-0.05, 0) is 50.3 Å². The molecular weight excluding hydrogens is 246 g/mol. The van der Waals surface area contributed by atoms with Crippen molar-refractivity contribution in [1.82, 2.24) is 5.32 Å². The van der Waals surface area contributed by atoms with Crippen LogP contribution in [0, 0.1) is 6.92 Å². The molecule has 0 aromatic heterocycles. The average Bonchev–Trinajstić information content (AvgIpc) is 2.28. The number of amides is 1. The number of hydrogen-bond acceptors (Lipinski definition) is 1. The van der Waals surface area contributed by atoms with Crippen molar-refractivity contribution in [3.05, 3.63) is 34.9 Å². The average molecular weight is 277 g/mol. The van der Waals surface area contributed by atoms with E-state index in [0.29, 0.717) is 0 Å². The number of nitrogens with one attached hydrogen (secondary N) is 1. The van der Waals surface area contributed by atoms with Crippen molar-refractivity contribution < 1.29 is 4.79 Å². The maximum Gasteiger partial charge on any atom is 0.251 e. The highest BCUT2D eigenvalue weighted by atomic mass is 16.1. The lowest BCUT2D eigenvalue weighted by Gasteiger charge is -2.23. The summed E-state index contributed by atoms with van der Waals surface area (Å²) in [5, 5.41) is 3.02. The number of carbonyl (C=O) groups excluding carboxylic acids is 1. The Balaban J connectivity index is 0.00000172. The molecule has 0 aliphatic heterocycles. The number of rotatable bonds is 1. The Kier molecular flexibility index (Phi) is 6.46. The zero-order valence-corrected chi connectivity index (χ0v) is 14.6. The minimum atomic E-state index is -0.207. The van der Waals surface area contributed by atoms with Crippen molar-refractivity contribution in [2.45, 2.75) is 73.3 Å². The van der Waals surface area contributed by atoms with Crippen LogP contribution in [0.2, 0.25) is 0 Å². The van der Waals surface area contributed by atoms with E-state index in [1.807, 2.05) is 53.7 Å². The van der Waals surface area contributed by atoms with Gasteiger partial charge in [0, 0.05) is 11.1 Å². The highest BCUT2D eigenvalue weighted by Gasteiger charge is 2.20. The van der Waals surface area contributed by atoms with Crippen LogP contribution in [-0.4, -0.2) is 11.4 Å². The maximum absolute atomic E-state index is 12.2. The minimum Gasteiger partial charge on any atom is -0.347 e. The lowest BCUT2D eigenvalue weighted by molar-refractivity contribution is 0.0919.